The van der Waals surface area contributed by atoms with Gasteiger partial charge < -0.3 is 10.2 Å². The fourth-order valence-corrected chi connectivity index (χ4v) is 7.49. The summed E-state index contributed by atoms with van der Waals surface area (Å²) in [6.07, 6.45) is 0.785. The van der Waals surface area contributed by atoms with Crippen LogP contribution in [0.4, 0.5) is 0 Å². The van der Waals surface area contributed by atoms with Crippen molar-refractivity contribution in [1.82, 2.24) is 14.5 Å². The third-order valence-electron chi connectivity index (χ3n) is 4.94. The van der Waals surface area contributed by atoms with Crippen molar-refractivity contribution in [2.45, 2.75) is 43.6 Å². The van der Waals surface area contributed by atoms with Crippen LogP contribution in [0, 0.1) is 5.92 Å². The number of nitrogens with one attached hydrogen (secondary N) is 1. The van der Waals surface area contributed by atoms with Crippen molar-refractivity contribution in [3.8, 4) is 0 Å². The van der Waals surface area contributed by atoms with Crippen molar-refractivity contribution in [1.29, 1.82) is 0 Å². The maximum Gasteiger partial charge on any atom is 0.252 e. The lowest BCUT2D eigenvalue weighted by atomic mass is 10.1. The Morgan fingerprint density at radius 2 is 2.07 bits per heavy atom. The third-order valence-corrected chi connectivity index (χ3v) is 10.1. The van der Waals surface area contributed by atoms with Gasteiger partial charge in [0.2, 0.25) is 0 Å². The molecular weight excluding hydrogens is 412 g/mol. The Bertz CT molecular complexity index is 742. The van der Waals surface area contributed by atoms with Gasteiger partial charge in [0.05, 0.1) is 0 Å². The summed E-state index contributed by atoms with van der Waals surface area (Å²) < 4.78 is 27.2. The van der Waals surface area contributed by atoms with E-state index in [1.807, 2.05) is 27.0 Å². The molecule has 9 heteroatoms. The zero-order chi connectivity index (χ0) is 20.7. The van der Waals surface area contributed by atoms with E-state index in [0.717, 1.165) is 42.6 Å². The highest BCUT2D eigenvalue weighted by atomic mass is 32.2. The second-order valence-electron chi connectivity index (χ2n) is 7.13. The maximum atomic E-state index is 12.6. The zero-order valence-electron chi connectivity index (χ0n) is 17.6. The van der Waals surface area contributed by atoms with Crippen molar-refractivity contribution in [2.24, 2.45) is 10.9 Å². The van der Waals surface area contributed by atoms with E-state index in [1.165, 1.54) is 15.6 Å². The number of hydrogen-bond donors (Lipinski definition) is 1. The van der Waals surface area contributed by atoms with Crippen molar-refractivity contribution in [2.75, 3.05) is 45.5 Å². The van der Waals surface area contributed by atoms with Crippen LogP contribution in [0.25, 0.3) is 0 Å². The van der Waals surface area contributed by atoms with E-state index in [0.29, 0.717) is 28.5 Å². The number of rotatable bonds is 8. The first-order valence-electron chi connectivity index (χ1n) is 9.99. The number of sulfonamides is 1. The van der Waals surface area contributed by atoms with E-state index in [-0.39, 0.29) is 0 Å². The molecule has 1 aliphatic rings. The van der Waals surface area contributed by atoms with Gasteiger partial charge in [0.25, 0.3) is 10.0 Å². The highest BCUT2D eigenvalue weighted by Gasteiger charge is 2.25. The molecule has 1 saturated heterocycles. The van der Waals surface area contributed by atoms with Gasteiger partial charge >= 0.3 is 0 Å². The number of thioether (sulfide) groups is 1. The lowest BCUT2D eigenvalue weighted by Crippen LogP contribution is -2.49. The molecule has 2 rings (SSSR count). The largest absolute Gasteiger partial charge is 0.356 e. The topological polar surface area (TPSA) is 65.0 Å². The fourth-order valence-electron chi connectivity index (χ4n) is 3.22. The standard InChI is InChI=1S/C19H34N4O2S3/c1-6-23(7-2)28(24,25)18-9-8-16(27-18)10-11-21-19(20-5)22-12-13-26-17(14-22)15(3)4/h8-9,15,17H,6-7,10-14H2,1-5H3,(H,20,21). The lowest BCUT2D eigenvalue weighted by molar-refractivity contribution is 0.381. The molecule has 0 radical (unpaired) electrons. The average molecular weight is 447 g/mol. The molecule has 0 aromatic carbocycles. The average Bonchev–Trinajstić information content (AvgIpc) is 3.16. The fraction of sp³-hybridized carbons (Fsp3) is 0.737. The van der Waals surface area contributed by atoms with Crippen LogP contribution in [0.5, 0.6) is 0 Å². The molecule has 0 aliphatic carbocycles. The van der Waals surface area contributed by atoms with E-state index < -0.39 is 10.0 Å². The minimum atomic E-state index is -3.36. The second-order valence-corrected chi connectivity index (χ2v) is 11.8. The first kappa shape index (κ1) is 23.5. The Morgan fingerprint density at radius 3 is 2.68 bits per heavy atom. The summed E-state index contributed by atoms with van der Waals surface area (Å²) in [5.74, 6) is 2.72. The highest BCUT2D eigenvalue weighted by Crippen LogP contribution is 2.26. The number of aliphatic imine (C=N–C) groups is 1. The summed E-state index contributed by atoms with van der Waals surface area (Å²) in [5.41, 5.74) is 0. The first-order chi connectivity index (χ1) is 13.3. The van der Waals surface area contributed by atoms with Gasteiger partial charge in [0.1, 0.15) is 4.21 Å². The SMILES string of the molecule is CCN(CC)S(=O)(=O)c1ccc(CCNC(=NC)N2CCSC(C(C)C)C2)s1. The van der Waals surface area contributed by atoms with Gasteiger partial charge in [-0.3, -0.25) is 4.99 Å². The Kier molecular flexibility index (Phi) is 9.11. The predicted octanol–water partition coefficient (Wildman–Crippen LogP) is 2.97. The maximum absolute atomic E-state index is 12.6. The molecule has 1 aromatic heterocycles. The Hall–Kier alpha value is -0.770. The van der Waals surface area contributed by atoms with Crippen molar-refractivity contribution in [3.63, 3.8) is 0 Å². The monoisotopic (exact) mass is 446 g/mol. The summed E-state index contributed by atoms with van der Waals surface area (Å²) in [6, 6.07) is 3.66. The van der Waals surface area contributed by atoms with Gasteiger partial charge in [0, 0.05) is 55.7 Å². The molecule has 1 N–H and O–H groups in total. The van der Waals surface area contributed by atoms with E-state index >= 15 is 0 Å². The molecule has 2 heterocycles. The van der Waals surface area contributed by atoms with Crippen LogP contribution in [0.2, 0.25) is 0 Å². The number of hydrogen-bond acceptors (Lipinski definition) is 5. The van der Waals surface area contributed by atoms with Crippen molar-refractivity contribution < 1.29 is 8.42 Å². The molecule has 1 atom stereocenters. The Balaban J connectivity index is 1.92. The number of nitrogens with zero attached hydrogens (tertiary/aromatic N) is 3. The number of thiophene rings is 1. The third kappa shape index (κ3) is 5.87. The Labute approximate surface area is 178 Å². The molecule has 0 saturated carbocycles. The van der Waals surface area contributed by atoms with Gasteiger partial charge in [0.15, 0.2) is 5.96 Å². The van der Waals surface area contributed by atoms with Gasteiger partial charge in [-0.05, 0) is 24.5 Å². The van der Waals surface area contributed by atoms with E-state index in [9.17, 15) is 8.42 Å². The Morgan fingerprint density at radius 1 is 1.36 bits per heavy atom. The molecule has 0 spiro atoms. The second kappa shape index (κ2) is 10.8. The van der Waals surface area contributed by atoms with Crippen LogP contribution in [-0.2, 0) is 16.4 Å². The van der Waals surface area contributed by atoms with E-state index in [2.05, 4.69) is 40.8 Å². The molecule has 1 aromatic rings. The van der Waals surface area contributed by atoms with Crippen molar-refractivity contribution >= 4 is 39.1 Å². The van der Waals surface area contributed by atoms with Crippen LogP contribution in [0.15, 0.2) is 21.3 Å². The van der Waals surface area contributed by atoms with Crippen LogP contribution in [-0.4, -0.2) is 74.4 Å². The minimum Gasteiger partial charge on any atom is -0.356 e. The van der Waals surface area contributed by atoms with Gasteiger partial charge in [-0.1, -0.05) is 27.7 Å². The van der Waals surface area contributed by atoms with Crippen LogP contribution < -0.4 is 5.32 Å². The van der Waals surface area contributed by atoms with E-state index in [4.69, 9.17) is 0 Å². The molecule has 1 fully saturated rings. The smallest absolute Gasteiger partial charge is 0.252 e. The van der Waals surface area contributed by atoms with Crippen molar-refractivity contribution in [3.05, 3.63) is 17.0 Å². The predicted molar refractivity (Wildman–Crippen MR) is 122 cm³/mol. The van der Waals surface area contributed by atoms with Crippen LogP contribution >= 0.6 is 23.1 Å². The normalized spacial score (nSPS) is 18.9. The summed E-state index contributed by atoms with van der Waals surface area (Å²) in [7, 11) is -1.53. The lowest BCUT2D eigenvalue weighted by Gasteiger charge is -2.36. The molecule has 160 valence electrons. The molecular formula is C19H34N4O2S3. The summed E-state index contributed by atoms with van der Waals surface area (Å²) in [5, 5.41) is 4.09. The molecule has 0 amide bonds. The van der Waals surface area contributed by atoms with Gasteiger partial charge in [-0.25, -0.2) is 8.42 Å². The molecule has 1 unspecified atom stereocenters. The van der Waals surface area contributed by atoms with E-state index in [1.54, 1.807) is 6.07 Å². The molecule has 6 nitrogen and oxygen atoms in total. The molecule has 28 heavy (non-hydrogen) atoms. The molecule has 0 bridgehead atoms. The quantitative estimate of drug-likeness (QED) is 0.491. The molecule has 1 aliphatic heterocycles. The summed E-state index contributed by atoms with van der Waals surface area (Å²) >= 11 is 3.42. The summed E-state index contributed by atoms with van der Waals surface area (Å²) in [4.78, 5) is 7.86. The highest BCUT2D eigenvalue weighted by molar-refractivity contribution is 8.00. The number of guanidine groups is 1. The van der Waals surface area contributed by atoms with Crippen LogP contribution in [0.3, 0.4) is 0 Å². The van der Waals surface area contributed by atoms with Gasteiger partial charge in [-0.15, -0.1) is 11.3 Å². The van der Waals surface area contributed by atoms with Gasteiger partial charge in [-0.2, -0.15) is 16.1 Å². The minimum absolute atomic E-state index is 0.434. The van der Waals surface area contributed by atoms with Crippen LogP contribution in [0.1, 0.15) is 32.6 Å². The zero-order valence-corrected chi connectivity index (χ0v) is 20.1. The summed E-state index contributed by atoms with van der Waals surface area (Å²) in [6.45, 7) is 12.1. The first-order valence-corrected chi connectivity index (χ1v) is 13.3.